The molecule has 6 atom stereocenters. The summed E-state index contributed by atoms with van der Waals surface area (Å²) >= 11 is 0. The minimum Gasteiger partial charge on any atom is -0.463 e. The maximum absolute atomic E-state index is 11.7. The van der Waals surface area contributed by atoms with Gasteiger partial charge in [0.25, 0.3) is 0 Å². The summed E-state index contributed by atoms with van der Waals surface area (Å²) in [6.45, 7) is 4.98. The molecule has 0 amide bonds. The molecule has 0 unspecified atom stereocenters. The lowest BCUT2D eigenvalue weighted by Crippen LogP contribution is -2.63. The first-order valence-corrected chi connectivity index (χ1v) is 9.44. The van der Waals surface area contributed by atoms with Crippen molar-refractivity contribution in [3.63, 3.8) is 0 Å². The lowest BCUT2D eigenvalue weighted by atomic mass is 9.98. The van der Waals surface area contributed by atoms with Crippen LogP contribution in [0.15, 0.2) is 0 Å². The summed E-state index contributed by atoms with van der Waals surface area (Å²) in [5.41, 5.74) is 0. The van der Waals surface area contributed by atoms with Gasteiger partial charge in [-0.3, -0.25) is 24.0 Å². The van der Waals surface area contributed by atoms with Gasteiger partial charge < -0.3 is 33.2 Å². The predicted octanol–water partition coefficient (Wildman–Crippen LogP) is -0.111. The van der Waals surface area contributed by atoms with Crippen molar-refractivity contribution in [3.05, 3.63) is 0 Å². The second-order valence-corrected chi connectivity index (χ2v) is 6.60. The van der Waals surface area contributed by atoms with Gasteiger partial charge in [0.1, 0.15) is 12.7 Å². The van der Waals surface area contributed by atoms with Crippen molar-refractivity contribution in [2.75, 3.05) is 6.61 Å². The Bertz CT molecular complexity index is 760. The molecule has 1 aliphatic rings. The van der Waals surface area contributed by atoms with Crippen molar-refractivity contribution in [2.45, 2.75) is 78.0 Å². The van der Waals surface area contributed by atoms with Gasteiger partial charge >= 0.3 is 29.8 Å². The van der Waals surface area contributed by atoms with Gasteiger partial charge in [-0.25, -0.2) is 0 Å². The molecular weight excluding hydrogens is 434 g/mol. The molecule has 1 fully saturated rings. The highest BCUT2D eigenvalue weighted by Crippen LogP contribution is 2.31. The molecular formula is C19H25NO12. The van der Waals surface area contributed by atoms with Crippen molar-refractivity contribution in [3.8, 4) is 6.07 Å². The van der Waals surface area contributed by atoms with Crippen LogP contribution in [0.2, 0.25) is 0 Å². The van der Waals surface area contributed by atoms with Gasteiger partial charge in [-0.05, 0) is 0 Å². The third-order valence-electron chi connectivity index (χ3n) is 3.79. The number of nitriles is 1. The average Bonchev–Trinajstić information content (AvgIpc) is 2.63. The van der Waals surface area contributed by atoms with Gasteiger partial charge in [-0.15, -0.1) is 0 Å². The van der Waals surface area contributed by atoms with Crippen LogP contribution in [0, 0.1) is 11.3 Å². The molecule has 0 spiro atoms. The van der Waals surface area contributed by atoms with Gasteiger partial charge in [0.05, 0.1) is 12.5 Å². The van der Waals surface area contributed by atoms with E-state index in [1.807, 2.05) is 0 Å². The van der Waals surface area contributed by atoms with Gasteiger partial charge in [-0.2, -0.15) is 5.26 Å². The number of esters is 5. The van der Waals surface area contributed by atoms with Crippen molar-refractivity contribution < 1.29 is 57.1 Å². The molecule has 1 saturated heterocycles. The Balaban J connectivity index is 3.38. The number of ether oxygens (including phenoxy) is 7. The Kier molecular flexibility index (Phi) is 10.5. The molecule has 0 aromatic rings. The summed E-state index contributed by atoms with van der Waals surface area (Å²) in [6.07, 6.45) is -8.93. The summed E-state index contributed by atoms with van der Waals surface area (Å²) in [5, 5.41) is 8.97. The van der Waals surface area contributed by atoms with Crippen molar-refractivity contribution in [1.82, 2.24) is 0 Å². The number of carbonyl (C=O) groups is 5. The topological polar surface area (TPSA) is 174 Å². The van der Waals surface area contributed by atoms with Crippen LogP contribution in [0.25, 0.3) is 0 Å². The Labute approximate surface area is 183 Å². The van der Waals surface area contributed by atoms with Gasteiger partial charge in [0.15, 0.2) is 18.3 Å². The number of nitrogens with zero attached hydrogens (tertiary/aromatic N) is 1. The minimum atomic E-state index is -1.56. The predicted molar refractivity (Wildman–Crippen MR) is 98.8 cm³/mol. The van der Waals surface area contributed by atoms with Gasteiger partial charge in [-0.1, -0.05) is 0 Å². The number of rotatable bonds is 9. The van der Waals surface area contributed by atoms with Crippen LogP contribution in [0.4, 0.5) is 0 Å². The van der Waals surface area contributed by atoms with E-state index < -0.39 is 79.9 Å². The summed E-state index contributed by atoms with van der Waals surface area (Å²) in [7, 11) is 0. The molecule has 0 saturated carbocycles. The van der Waals surface area contributed by atoms with E-state index in [1.165, 1.54) is 0 Å². The Morgan fingerprint density at radius 2 is 1.34 bits per heavy atom. The lowest BCUT2D eigenvalue weighted by molar-refractivity contribution is -0.335. The van der Waals surface area contributed by atoms with E-state index in [0.29, 0.717) is 0 Å². The fourth-order valence-electron chi connectivity index (χ4n) is 2.83. The fourth-order valence-corrected chi connectivity index (χ4v) is 2.83. The molecule has 1 aliphatic heterocycles. The smallest absolute Gasteiger partial charge is 0.304 e. The monoisotopic (exact) mass is 459 g/mol. The first-order chi connectivity index (χ1) is 14.9. The van der Waals surface area contributed by atoms with Crippen LogP contribution < -0.4 is 0 Å². The zero-order valence-electron chi connectivity index (χ0n) is 18.2. The highest BCUT2D eigenvalue weighted by atomic mass is 16.8. The highest BCUT2D eigenvalue weighted by molar-refractivity contribution is 5.68. The molecule has 13 heteroatoms. The van der Waals surface area contributed by atoms with E-state index >= 15 is 0 Å². The number of carbonyl (C=O) groups excluding carboxylic acids is 5. The number of hydrogen-bond donors (Lipinski definition) is 0. The Morgan fingerprint density at radius 1 is 0.812 bits per heavy atom. The summed E-state index contributed by atoms with van der Waals surface area (Å²) in [5.74, 6) is -3.87. The SMILES string of the molecule is CC(=O)OC[C@H]1O[C@H](O[C@@H](CC#N)OC(C)=O)[C@@H](OC(C)=O)[C@@H](OC(C)=O)[C@@H]1OC(C)=O. The van der Waals surface area contributed by atoms with Crippen LogP contribution in [0.5, 0.6) is 0 Å². The largest absolute Gasteiger partial charge is 0.463 e. The molecule has 0 aliphatic carbocycles. The van der Waals surface area contributed by atoms with Crippen LogP contribution >= 0.6 is 0 Å². The molecule has 1 heterocycles. The summed E-state index contributed by atoms with van der Waals surface area (Å²) < 4.78 is 36.7. The van der Waals surface area contributed by atoms with Crippen molar-refractivity contribution >= 4 is 29.8 Å². The fraction of sp³-hybridized carbons (Fsp3) is 0.684. The van der Waals surface area contributed by atoms with Crippen LogP contribution in [-0.4, -0.2) is 73.4 Å². The zero-order valence-corrected chi connectivity index (χ0v) is 18.2. The van der Waals surface area contributed by atoms with Crippen LogP contribution in [-0.2, 0) is 57.1 Å². The van der Waals surface area contributed by atoms with E-state index in [2.05, 4.69) is 0 Å². The molecule has 0 radical (unpaired) electrons. The van der Waals surface area contributed by atoms with E-state index in [1.54, 1.807) is 6.07 Å². The quantitative estimate of drug-likeness (QED) is 0.254. The first-order valence-electron chi connectivity index (χ1n) is 9.44. The van der Waals surface area contributed by atoms with Crippen molar-refractivity contribution in [1.29, 1.82) is 5.26 Å². The van der Waals surface area contributed by atoms with E-state index in [-0.39, 0.29) is 0 Å². The molecule has 1 rings (SSSR count). The Morgan fingerprint density at radius 3 is 1.81 bits per heavy atom. The standard InChI is InChI=1S/C19H25NO12/c1-9(21)26-8-14-16(28-11(3)23)17(29-12(4)24)18(30-13(5)25)19(31-14)32-15(6-7-20)27-10(2)22/h14-19H,6,8H2,1-5H3/t14-,15+,16-,17+,18+,19-/m1/s1. The Hall–Kier alpha value is -3.24. The molecule has 32 heavy (non-hydrogen) atoms. The maximum Gasteiger partial charge on any atom is 0.304 e. The van der Waals surface area contributed by atoms with Crippen LogP contribution in [0.1, 0.15) is 41.0 Å². The molecule has 0 N–H and O–H groups in total. The normalized spacial score (nSPS) is 25.4. The van der Waals surface area contributed by atoms with Crippen molar-refractivity contribution in [2.24, 2.45) is 0 Å². The maximum atomic E-state index is 11.7. The third kappa shape index (κ3) is 8.86. The zero-order chi connectivity index (χ0) is 24.4. The minimum absolute atomic E-state index is 0.410. The van der Waals surface area contributed by atoms with E-state index in [4.69, 9.17) is 38.4 Å². The molecule has 0 aromatic heterocycles. The summed E-state index contributed by atoms with van der Waals surface area (Å²) in [4.78, 5) is 57.7. The second-order valence-electron chi connectivity index (χ2n) is 6.60. The highest BCUT2D eigenvalue weighted by Gasteiger charge is 2.53. The molecule has 0 bridgehead atoms. The van der Waals surface area contributed by atoms with Gasteiger partial charge in [0, 0.05) is 34.6 Å². The van der Waals surface area contributed by atoms with E-state index in [9.17, 15) is 24.0 Å². The average molecular weight is 459 g/mol. The molecule has 178 valence electrons. The first kappa shape index (κ1) is 26.8. The van der Waals surface area contributed by atoms with E-state index in [0.717, 1.165) is 34.6 Å². The molecule has 0 aromatic carbocycles. The third-order valence-corrected chi connectivity index (χ3v) is 3.79. The second kappa shape index (κ2) is 12.6. The number of hydrogen-bond acceptors (Lipinski definition) is 13. The van der Waals surface area contributed by atoms with Crippen LogP contribution in [0.3, 0.4) is 0 Å². The summed E-state index contributed by atoms with van der Waals surface area (Å²) in [6, 6.07) is 1.76. The van der Waals surface area contributed by atoms with Gasteiger partial charge in [0.2, 0.25) is 12.6 Å². The molecule has 13 nitrogen and oxygen atoms in total. The lowest BCUT2D eigenvalue weighted by Gasteiger charge is -2.44.